The molecule has 116 valence electrons. The van der Waals surface area contributed by atoms with E-state index in [0.717, 1.165) is 24.1 Å². The molecular weight excluding hydrogens is 258 g/mol. The highest BCUT2D eigenvalue weighted by Crippen LogP contribution is 2.36. The quantitative estimate of drug-likeness (QED) is 0.904. The molecule has 1 aliphatic heterocycles. The van der Waals surface area contributed by atoms with Crippen molar-refractivity contribution < 1.29 is 5.11 Å². The van der Waals surface area contributed by atoms with Crippen LogP contribution in [0.1, 0.15) is 57.1 Å². The van der Waals surface area contributed by atoms with Gasteiger partial charge in [-0.15, -0.1) is 0 Å². The van der Waals surface area contributed by atoms with Crippen LogP contribution in [0.4, 0.5) is 0 Å². The van der Waals surface area contributed by atoms with Gasteiger partial charge in [-0.25, -0.2) is 0 Å². The van der Waals surface area contributed by atoms with Gasteiger partial charge in [-0.3, -0.25) is 4.90 Å². The number of hydrogen-bond donors (Lipinski definition) is 1. The first kappa shape index (κ1) is 15.1. The van der Waals surface area contributed by atoms with Crippen LogP contribution in [0.2, 0.25) is 0 Å². The van der Waals surface area contributed by atoms with Crippen molar-refractivity contribution >= 4 is 0 Å². The van der Waals surface area contributed by atoms with Crippen molar-refractivity contribution in [2.45, 2.75) is 57.6 Å². The lowest BCUT2D eigenvalue weighted by Crippen LogP contribution is -2.48. The van der Waals surface area contributed by atoms with Gasteiger partial charge < -0.3 is 5.11 Å². The highest BCUT2D eigenvalue weighted by molar-refractivity contribution is 5.17. The van der Waals surface area contributed by atoms with E-state index >= 15 is 0 Å². The van der Waals surface area contributed by atoms with Gasteiger partial charge in [0.2, 0.25) is 0 Å². The van der Waals surface area contributed by atoms with Gasteiger partial charge in [0, 0.05) is 12.6 Å². The third-order valence-corrected chi connectivity index (χ3v) is 5.56. The minimum Gasteiger partial charge on any atom is -0.388 e. The molecule has 0 amide bonds. The predicted octanol–water partition coefficient (Wildman–Crippen LogP) is 4.01. The topological polar surface area (TPSA) is 23.5 Å². The van der Waals surface area contributed by atoms with Gasteiger partial charge in [0.1, 0.15) is 0 Å². The summed E-state index contributed by atoms with van der Waals surface area (Å²) >= 11 is 0. The van der Waals surface area contributed by atoms with Gasteiger partial charge in [0.15, 0.2) is 0 Å². The Kier molecular flexibility index (Phi) is 4.97. The maximum Gasteiger partial charge on any atom is 0.0827 e. The second-order valence-corrected chi connectivity index (χ2v) is 7.08. The number of rotatable bonds is 4. The molecule has 1 N–H and O–H groups in total. The third kappa shape index (κ3) is 3.49. The average molecular weight is 287 g/mol. The first-order chi connectivity index (χ1) is 10.3. The van der Waals surface area contributed by atoms with Gasteiger partial charge in [0.05, 0.1) is 6.10 Å². The van der Waals surface area contributed by atoms with Crippen LogP contribution in [0.5, 0.6) is 0 Å². The lowest BCUT2D eigenvalue weighted by Gasteiger charge is -2.45. The van der Waals surface area contributed by atoms with Crippen LogP contribution in [0, 0.1) is 11.8 Å². The molecule has 2 aliphatic rings. The number of likely N-dealkylation sites (tertiary alicyclic amines) is 1. The molecule has 0 spiro atoms. The molecule has 2 heteroatoms. The van der Waals surface area contributed by atoms with Gasteiger partial charge in [-0.1, -0.05) is 50.1 Å². The maximum absolute atomic E-state index is 10.6. The van der Waals surface area contributed by atoms with Crippen molar-refractivity contribution in [2.75, 3.05) is 13.1 Å². The Labute approximate surface area is 129 Å². The number of hydrogen-bond acceptors (Lipinski definition) is 2. The van der Waals surface area contributed by atoms with Crippen molar-refractivity contribution in [3.8, 4) is 0 Å². The zero-order chi connectivity index (χ0) is 14.7. The van der Waals surface area contributed by atoms with Crippen molar-refractivity contribution in [1.82, 2.24) is 4.90 Å². The molecule has 2 unspecified atom stereocenters. The predicted molar refractivity (Wildman–Crippen MR) is 87.1 cm³/mol. The molecule has 4 atom stereocenters. The Balaban J connectivity index is 1.62. The fourth-order valence-corrected chi connectivity index (χ4v) is 4.40. The summed E-state index contributed by atoms with van der Waals surface area (Å²) in [6.07, 6.45) is 8.06. The van der Waals surface area contributed by atoms with E-state index in [4.69, 9.17) is 0 Å². The Hall–Kier alpha value is -0.860. The highest BCUT2D eigenvalue weighted by atomic mass is 16.3. The molecule has 0 radical (unpaired) electrons. The van der Waals surface area contributed by atoms with E-state index in [-0.39, 0.29) is 6.10 Å². The van der Waals surface area contributed by atoms with Crippen LogP contribution in [-0.2, 0) is 0 Å². The lowest BCUT2D eigenvalue weighted by molar-refractivity contribution is 0.0213. The van der Waals surface area contributed by atoms with Gasteiger partial charge >= 0.3 is 0 Å². The van der Waals surface area contributed by atoms with Crippen molar-refractivity contribution in [3.63, 3.8) is 0 Å². The summed E-state index contributed by atoms with van der Waals surface area (Å²) < 4.78 is 0. The standard InChI is InChI=1S/C19H29NO/c1-15(19(21)17-9-3-2-4-10-17)14-20-13-7-11-16-8-5-6-12-18(16)20/h2-4,9-10,15-16,18-19,21H,5-8,11-14H2,1H3/t15?,16-,18-,19?/m1/s1. The first-order valence-electron chi connectivity index (χ1n) is 8.73. The summed E-state index contributed by atoms with van der Waals surface area (Å²) in [5, 5.41) is 10.6. The number of nitrogens with zero attached hydrogens (tertiary/aromatic N) is 1. The zero-order valence-corrected chi connectivity index (χ0v) is 13.2. The number of benzene rings is 1. The number of aliphatic hydroxyl groups is 1. The van der Waals surface area contributed by atoms with E-state index in [9.17, 15) is 5.11 Å². The summed E-state index contributed by atoms with van der Waals surface area (Å²) in [7, 11) is 0. The zero-order valence-electron chi connectivity index (χ0n) is 13.2. The number of fused-ring (bicyclic) bond motifs is 1. The van der Waals surface area contributed by atoms with E-state index in [1.165, 1.54) is 45.1 Å². The first-order valence-corrected chi connectivity index (χ1v) is 8.73. The van der Waals surface area contributed by atoms with Crippen LogP contribution in [0.25, 0.3) is 0 Å². The van der Waals surface area contributed by atoms with Crippen molar-refractivity contribution in [1.29, 1.82) is 0 Å². The van der Waals surface area contributed by atoms with Crippen molar-refractivity contribution in [2.24, 2.45) is 11.8 Å². The normalized spacial score (nSPS) is 29.6. The molecule has 21 heavy (non-hydrogen) atoms. The van der Waals surface area contributed by atoms with E-state index in [1.807, 2.05) is 30.3 Å². The third-order valence-electron chi connectivity index (χ3n) is 5.56. The van der Waals surface area contributed by atoms with Gasteiger partial charge in [-0.2, -0.15) is 0 Å². The number of aliphatic hydroxyl groups excluding tert-OH is 1. The molecule has 3 rings (SSSR count). The fourth-order valence-electron chi connectivity index (χ4n) is 4.40. The minimum atomic E-state index is -0.338. The molecule has 1 saturated carbocycles. The van der Waals surface area contributed by atoms with Crippen LogP contribution in [0.3, 0.4) is 0 Å². The monoisotopic (exact) mass is 287 g/mol. The Morgan fingerprint density at radius 3 is 2.62 bits per heavy atom. The average Bonchev–Trinajstić information content (AvgIpc) is 2.55. The molecule has 2 fully saturated rings. The number of piperidine rings is 1. The molecule has 1 heterocycles. The Morgan fingerprint density at radius 2 is 1.81 bits per heavy atom. The SMILES string of the molecule is CC(CN1CCC[C@H]2CCCC[C@H]21)C(O)c1ccccc1. The summed E-state index contributed by atoms with van der Waals surface area (Å²) in [6, 6.07) is 10.9. The molecule has 2 nitrogen and oxygen atoms in total. The fraction of sp³-hybridized carbons (Fsp3) is 0.684. The van der Waals surface area contributed by atoms with Crippen molar-refractivity contribution in [3.05, 3.63) is 35.9 Å². The van der Waals surface area contributed by atoms with E-state index in [0.29, 0.717) is 5.92 Å². The molecule has 1 aromatic rings. The maximum atomic E-state index is 10.6. The molecular formula is C19H29NO. The highest BCUT2D eigenvalue weighted by Gasteiger charge is 2.34. The lowest BCUT2D eigenvalue weighted by atomic mass is 9.78. The van der Waals surface area contributed by atoms with Crippen LogP contribution >= 0.6 is 0 Å². The van der Waals surface area contributed by atoms with Gasteiger partial charge in [-0.05, 0) is 49.6 Å². The van der Waals surface area contributed by atoms with E-state index in [2.05, 4.69) is 11.8 Å². The van der Waals surface area contributed by atoms with Crippen LogP contribution in [0.15, 0.2) is 30.3 Å². The van der Waals surface area contributed by atoms with E-state index < -0.39 is 0 Å². The molecule has 1 saturated heterocycles. The second kappa shape index (κ2) is 6.93. The van der Waals surface area contributed by atoms with Gasteiger partial charge in [0.25, 0.3) is 0 Å². The summed E-state index contributed by atoms with van der Waals surface area (Å²) in [5.74, 6) is 1.22. The minimum absolute atomic E-state index is 0.299. The van der Waals surface area contributed by atoms with Crippen LogP contribution < -0.4 is 0 Å². The summed E-state index contributed by atoms with van der Waals surface area (Å²) in [6.45, 7) is 4.47. The molecule has 0 aromatic heterocycles. The van der Waals surface area contributed by atoms with Crippen LogP contribution in [-0.4, -0.2) is 29.1 Å². The molecule has 0 bridgehead atoms. The summed E-state index contributed by atoms with van der Waals surface area (Å²) in [5.41, 5.74) is 1.06. The largest absolute Gasteiger partial charge is 0.388 e. The smallest absolute Gasteiger partial charge is 0.0827 e. The molecule has 1 aromatic carbocycles. The van der Waals surface area contributed by atoms with E-state index in [1.54, 1.807) is 0 Å². The second-order valence-electron chi connectivity index (χ2n) is 7.08. The molecule has 1 aliphatic carbocycles. The Bertz CT molecular complexity index is 430. The summed E-state index contributed by atoms with van der Waals surface area (Å²) in [4.78, 5) is 2.68. The Morgan fingerprint density at radius 1 is 1.10 bits per heavy atom.